The first kappa shape index (κ1) is 29.4. The number of nitrogens with zero attached hydrogens (tertiary/aromatic N) is 3. The Labute approximate surface area is 239 Å². The number of rotatable bonds is 15. The standard InChI is InChI=1S/C34H45N3O3/c1-4-6-8-9-10-11-12-19-32(38)35(24-7-5-2)26-33(39)37-30-17-14-13-16-29(30)36-25-15-18-31(36)34(37)27-20-22-28(40-3)23-21-27/h13-18,20-23,25,34H,4-12,19,24,26H2,1-3H3. The summed E-state index contributed by atoms with van der Waals surface area (Å²) in [4.78, 5) is 31.3. The lowest BCUT2D eigenvalue weighted by Crippen LogP contribution is -2.47. The van der Waals surface area contributed by atoms with Crippen molar-refractivity contribution in [3.05, 3.63) is 78.1 Å². The maximum Gasteiger partial charge on any atom is 0.247 e. The van der Waals surface area contributed by atoms with Gasteiger partial charge in [0.25, 0.3) is 0 Å². The number of para-hydroxylation sites is 2. The van der Waals surface area contributed by atoms with Crippen LogP contribution in [0.3, 0.4) is 0 Å². The van der Waals surface area contributed by atoms with Crippen molar-refractivity contribution in [2.45, 2.75) is 84.1 Å². The molecular weight excluding hydrogens is 498 g/mol. The lowest BCUT2D eigenvalue weighted by atomic mass is 9.97. The van der Waals surface area contributed by atoms with Crippen LogP contribution in [0.1, 0.15) is 95.4 Å². The second kappa shape index (κ2) is 14.7. The molecule has 3 aromatic rings. The SMILES string of the molecule is CCCCCCCCCC(=O)N(CCCC)CC(=O)N1c2ccccc2-n2cccc2C1c1ccc(OC)cc1. The Morgan fingerprint density at radius 2 is 1.48 bits per heavy atom. The molecule has 0 bridgehead atoms. The maximum absolute atomic E-state index is 14.3. The summed E-state index contributed by atoms with van der Waals surface area (Å²) in [6.07, 6.45) is 12.6. The lowest BCUT2D eigenvalue weighted by Gasteiger charge is -2.39. The van der Waals surface area contributed by atoms with E-state index in [0.29, 0.717) is 13.0 Å². The van der Waals surface area contributed by atoms with Gasteiger partial charge in [-0.05, 0) is 54.8 Å². The molecule has 1 aliphatic heterocycles. The number of benzene rings is 2. The third-order valence-corrected chi connectivity index (χ3v) is 7.87. The summed E-state index contributed by atoms with van der Waals surface area (Å²) >= 11 is 0. The number of anilines is 1. The van der Waals surface area contributed by atoms with Gasteiger partial charge in [0.1, 0.15) is 18.3 Å². The average Bonchev–Trinajstić information content (AvgIpc) is 3.48. The van der Waals surface area contributed by atoms with E-state index in [4.69, 9.17) is 4.74 Å². The minimum Gasteiger partial charge on any atom is -0.497 e. The van der Waals surface area contributed by atoms with Crippen LogP contribution >= 0.6 is 0 Å². The number of unbranched alkanes of at least 4 members (excludes halogenated alkanes) is 7. The molecule has 2 heterocycles. The quantitative estimate of drug-likeness (QED) is 0.185. The summed E-state index contributed by atoms with van der Waals surface area (Å²) in [5.41, 5.74) is 3.84. The number of amides is 2. The fourth-order valence-electron chi connectivity index (χ4n) is 5.64. The van der Waals surface area contributed by atoms with E-state index in [9.17, 15) is 9.59 Å². The lowest BCUT2D eigenvalue weighted by molar-refractivity contribution is -0.135. The van der Waals surface area contributed by atoms with Gasteiger partial charge in [0.05, 0.1) is 24.2 Å². The zero-order chi connectivity index (χ0) is 28.3. The van der Waals surface area contributed by atoms with E-state index >= 15 is 0 Å². The largest absolute Gasteiger partial charge is 0.497 e. The van der Waals surface area contributed by atoms with E-state index in [1.807, 2.05) is 65.7 Å². The van der Waals surface area contributed by atoms with Gasteiger partial charge in [-0.1, -0.05) is 83.1 Å². The summed E-state index contributed by atoms with van der Waals surface area (Å²) in [7, 11) is 1.65. The summed E-state index contributed by atoms with van der Waals surface area (Å²) in [6.45, 7) is 5.04. The molecule has 40 heavy (non-hydrogen) atoms. The highest BCUT2D eigenvalue weighted by molar-refractivity contribution is 6.00. The van der Waals surface area contributed by atoms with Gasteiger partial charge in [-0.25, -0.2) is 0 Å². The van der Waals surface area contributed by atoms with Gasteiger partial charge in [0.15, 0.2) is 0 Å². The smallest absolute Gasteiger partial charge is 0.247 e. The second-order valence-corrected chi connectivity index (χ2v) is 10.8. The van der Waals surface area contributed by atoms with Crippen LogP contribution in [-0.2, 0) is 9.59 Å². The van der Waals surface area contributed by atoms with E-state index in [-0.39, 0.29) is 24.4 Å². The van der Waals surface area contributed by atoms with Crippen molar-refractivity contribution in [1.29, 1.82) is 0 Å². The zero-order valence-electron chi connectivity index (χ0n) is 24.5. The van der Waals surface area contributed by atoms with Crippen LogP contribution in [-0.4, -0.2) is 41.5 Å². The first-order chi connectivity index (χ1) is 19.6. The predicted octanol–water partition coefficient (Wildman–Crippen LogP) is 7.69. The number of ether oxygens (including phenoxy) is 1. The highest BCUT2D eigenvalue weighted by Gasteiger charge is 2.36. The summed E-state index contributed by atoms with van der Waals surface area (Å²) in [6, 6.07) is 19.7. The Morgan fingerprint density at radius 3 is 2.17 bits per heavy atom. The second-order valence-electron chi connectivity index (χ2n) is 10.8. The third-order valence-electron chi connectivity index (χ3n) is 7.87. The molecule has 1 aliphatic rings. The van der Waals surface area contributed by atoms with Crippen molar-refractivity contribution in [1.82, 2.24) is 9.47 Å². The van der Waals surface area contributed by atoms with Crippen LogP contribution in [0.4, 0.5) is 5.69 Å². The van der Waals surface area contributed by atoms with Crippen LogP contribution in [0.5, 0.6) is 5.75 Å². The van der Waals surface area contributed by atoms with Gasteiger partial charge in [0.2, 0.25) is 11.8 Å². The predicted molar refractivity (Wildman–Crippen MR) is 162 cm³/mol. The molecule has 0 saturated heterocycles. The molecule has 0 saturated carbocycles. The molecule has 0 radical (unpaired) electrons. The zero-order valence-corrected chi connectivity index (χ0v) is 24.5. The van der Waals surface area contributed by atoms with Crippen molar-refractivity contribution in [2.75, 3.05) is 25.1 Å². The minimum absolute atomic E-state index is 0.0651. The maximum atomic E-state index is 14.3. The number of fused-ring (bicyclic) bond motifs is 3. The Morgan fingerprint density at radius 1 is 0.800 bits per heavy atom. The van der Waals surface area contributed by atoms with Crippen LogP contribution in [0.15, 0.2) is 66.9 Å². The number of aromatic nitrogens is 1. The number of hydrogen-bond acceptors (Lipinski definition) is 3. The average molecular weight is 544 g/mol. The molecule has 214 valence electrons. The molecule has 0 spiro atoms. The number of carbonyl (C=O) groups excluding carboxylic acids is 2. The summed E-state index contributed by atoms with van der Waals surface area (Å²) in [5.74, 6) is 0.796. The van der Waals surface area contributed by atoms with Gasteiger partial charge in [-0.3, -0.25) is 14.5 Å². The van der Waals surface area contributed by atoms with Crippen molar-refractivity contribution < 1.29 is 14.3 Å². The molecule has 0 N–H and O–H groups in total. The molecular formula is C34H45N3O3. The highest BCUT2D eigenvalue weighted by atomic mass is 16.5. The topological polar surface area (TPSA) is 54.8 Å². The van der Waals surface area contributed by atoms with Gasteiger partial charge in [0, 0.05) is 19.2 Å². The molecule has 2 aromatic carbocycles. The van der Waals surface area contributed by atoms with E-state index in [1.165, 1.54) is 32.1 Å². The fraction of sp³-hybridized carbons (Fsp3) is 0.471. The molecule has 6 nitrogen and oxygen atoms in total. The molecule has 4 rings (SSSR count). The molecule has 0 fully saturated rings. The molecule has 6 heteroatoms. The summed E-state index contributed by atoms with van der Waals surface area (Å²) < 4.78 is 7.55. The first-order valence-electron chi connectivity index (χ1n) is 15.1. The van der Waals surface area contributed by atoms with Crippen LogP contribution in [0, 0.1) is 0 Å². The van der Waals surface area contributed by atoms with E-state index < -0.39 is 0 Å². The minimum atomic E-state index is -0.311. The molecule has 1 aromatic heterocycles. The molecule has 1 unspecified atom stereocenters. The Kier molecular flexibility index (Phi) is 10.8. The molecule has 0 aliphatic carbocycles. The summed E-state index contributed by atoms with van der Waals surface area (Å²) in [5, 5.41) is 0. The fourth-order valence-corrected chi connectivity index (χ4v) is 5.64. The van der Waals surface area contributed by atoms with Crippen LogP contribution in [0.25, 0.3) is 5.69 Å². The Hall–Kier alpha value is -3.54. The Balaban J connectivity index is 1.56. The number of carbonyl (C=O) groups is 2. The first-order valence-corrected chi connectivity index (χ1v) is 15.1. The van der Waals surface area contributed by atoms with Crippen molar-refractivity contribution in [3.8, 4) is 11.4 Å². The highest BCUT2D eigenvalue weighted by Crippen LogP contribution is 2.42. The van der Waals surface area contributed by atoms with Crippen LogP contribution in [0.2, 0.25) is 0 Å². The molecule has 2 amide bonds. The Bertz CT molecular complexity index is 1230. The van der Waals surface area contributed by atoms with Crippen molar-refractivity contribution in [3.63, 3.8) is 0 Å². The third kappa shape index (κ3) is 6.96. The van der Waals surface area contributed by atoms with Gasteiger partial charge < -0.3 is 14.2 Å². The molecule has 1 atom stereocenters. The van der Waals surface area contributed by atoms with E-state index in [0.717, 1.165) is 54.1 Å². The van der Waals surface area contributed by atoms with Crippen LogP contribution < -0.4 is 9.64 Å². The van der Waals surface area contributed by atoms with Crippen molar-refractivity contribution in [2.24, 2.45) is 0 Å². The number of methoxy groups -OCH3 is 1. The van der Waals surface area contributed by atoms with Gasteiger partial charge in [-0.2, -0.15) is 0 Å². The van der Waals surface area contributed by atoms with E-state index in [1.54, 1.807) is 12.0 Å². The van der Waals surface area contributed by atoms with E-state index in [2.05, 4.69) is 24.5 Å². The van der Waals surface area contributed by atoms with Gasteiger partial charge >= 0.3 is 0 Å². The normalized spacial score (nSPS) is 14.0. The van der Waals surface area contributed by atoms with Crippen molar-refractivity contribution >= 4 is 17.5 Å². The van der Waals surface area contributed by atoms with Gasteiger partial charge in [-0.15, -0.1) is 0 Å². The number of hydrogen-bond donors (Lipinski definition) is 0. The monoisotopic (exact) mass is 543 g/mol.